The highest BCUT2D eigenvalue weighted by molar-refractivity contribution is 5.22. The minimum absolute atomic E-state index is 0.479. The number of nitrogens with two attached hydrogens (primary N) is 1. The monoisotopic (exact) mass is 164 g/mol. The Morgan fingerprint density at radius 1 is 1.33 bits per heavy atom. The third kappa shape index (κ3) is 1.37. The Kier molecular flexibility index (Phi) is 1.89. The molecule has 1 heterocycles. The molecule has 2 N–H and O–H groups in total. The zero-order valence-electron chi connectivity index (χ0n) is 6.90. The maximum atomic E-state index is 5.51. The lowest BCUT2D eigenvalue weighted by Gasteiger charge is -2.05. The summed E-state index contributed by atoms with van der Waals surface area (Å²) in [5.41, 5.74) is 5.51. The van der Waals surface area contributed by atoms with Crippen LogP contribution >= 0.6 is 0 Å². The normalized spacial score (nSPS) is 18.3. The Morgan fingerprint density at radius 2 is 2.08 bits per heavy atom. The van der Waals surface area contributed by atoms with E-state index in [1.165, 1.54) is 31.9 Å². The summed E-state index contributed by atoms with van der Waals surface area (Å²) in [6.07, 6.45) is 6.42. The molecule has 4 heteroatoms. The van der Waals surface area contributed by atoms with Gasteiger partial charge in [-0.15, -0.1) is 5.10 Å². The average molecular weight is 164 g/mol. The molecule has 12 heavy (non-hydrogen) atoms. The molecule has 0 radical (unpaired) electrons. The second-order valence-electron chi connectivity index (χ2n) is 3.22. The molecule has 1 fully saturated rings. The minimum atomic E-state index is 0.479. The first-order valence-electron chi connectivity index (χ1n) is 4.31. The average Bonchev–Trinajstić information content (AvgIpc) is 2.56. The summed E-state index contributed by atoms with van der Waals surface area (Å²) in [6, 6.07) is 0. The van der Waals surface area contributed by atoms with Crippen LogP contribution in [0.15, 0.2) is 6.20 Å². The van der Waals surface area contributed by atoms with Crippen molar-refractivity contribution in [2.75, 3.05) is 5.73 Å². The number of nitrogens with zero attached hydrogens (tertiary/aromatic N) is 3. The van der Waals surface area contributed by atoms with E-state index in [0.717, 1.165) is 5.82 Å². The molecule has 2 rings (SSSR count). The van der Waals surface area contributed by atoms with Crippen LogP contribution in [0.4, 0.5) is 5.82 Å². The standard InChI is InChI=1S/C8H12N4/c9-7-5-10-12-8(11-7)6-3-1-2-4-6/h5-6H,1-4H2,(H2,9,11,12). The summed E-state index contributed by atoms with van der Waals surface area (Å²) in [5, 5.41) is 7.77. The molecule has 64 valence electrons. The van der Waals surface area contributed by atoms with Gasteiger partial charge in [0, 0.05) is 5.92 Å². The number of nitrogen functional groups attached to an aromatic ring is 1. The molecular formula is C8H12N4. The van der Waals surface area contributed by atoms with Crippen molar-refractivity contribution >= 4 is 5.82 Å². The van der Waals surface area contributed by atoms with Gasteiger partial charge in [0.25, 0.3) is 0 Å². The first-order valence-corrected chi connectivity index (χ1v) is 4.31. The molecule has 0 aliphatic heterocycles. The molecule has 0 saturated heterocycles. The van der Waals surface area contributed by atoms with Crippen LogP contribution < -0.4 is 5.73 Å². The maximum absolute atomic E-state index is 5.51. The molecular weight excluding hydrogens is 152 g/mol. The second-order valence-corrected chi connectivity index (χ2v) is 3.22. The Bertz CT molecular complexity index is 268. The molecule has 4 nitrogen and oxygen atoms in total. The smallest absolute Gasteiger partial charge is 0.156 e. The predicted octanol–water partition coefficient (Wildman–Crippen LogP) is 1.11. The molecule has 0 bridgehead atoms. The SMILES string of the molecule is Nc1cnnc(C2CCCC2)n1. The van der Waals surface area contributed by atoms with Crippen molar-refractivity contribution in [3.8, 4) is 0 Å². The van der Waals surface area contributed by atoms with Crippen molar-refractivity contribution in [2.45, 2.75) is 31.6 Å². The fourth-order valence-corrected chi connectivity index (χ4v) is 1.69. The molecule has 1 aromatic rings. The van der Waals surface area contributed by atoms with Gasteiger partial charge in [0.15, 0.2) is 5.82 Å². The Hall–Kier alpha value is -1.19. The lowest BCUT2D eigenvalue weighted by Crippen LogP contribution is -2.04. The number of aromatic nitrogens is 3. The lowest BCUT2D eigenvalue weighted by atomic mass is 10.1. The summed E-state index contributed by atoms with van der Waals surface area (Å²) in [6.45, 7) is 0. The van der Waals surface area contributed by atoms with Gasteiger partial charge in [-0.1, -0.05) is 12.8 Å². The Labute approximate surface area is 71.2 Å². The largest absolute Gasteiger partial charge is 0.382 e. The minimum Gasteiger partial charge on any atom is -0.382 e. The highest BCUT2D eigenvalue weighted by Crippen LogP contribution is 2.31. The first-order chi connectivity index (χ1) is 5.86. The number of rotatable bonds is 1. The van der Waals surface area contributed by atoms with Crippen LogP contribution in [-0.4, -0.2) is 15.2 Å². The maximum Gasteiger partial charge on any atom is 0.156 e. The zero-order valence-corrected chi connectivity index (χ0v) is 6.90. The summed E-state index contributed by atoms with van der Waals surface area (Å²) in [5.74, 6) is 1.81. The fraction of sp³-hybridized carbons (Fsp3) is 0.625. The van der Waals surface area contributed by atoms with Crippen molar-refractivity contribution in [1.29, 1.82) is 0 Å². The van der Waals surface area contributed by atoms with Crippen LogP contribution in [0, 0.1) is 0 Å². The van der Waals surface area contributed by atoms with E-state index in [2.05, 4.69) is 15.2 Å². The van der Waals surface area contributed by atoms with Gasteiger partial charge >= 0.3 is 0 Å². The van der Waals surface area contributed by atoms with Crippen LogP contribution in [0.25, 0.3) is 0 Å². The van der Waals surface area contributed by atoms with Crippen molar-refractivity contribution in [1.82, 2.24) is 15.2 Å². The number of hydrogen-bond acceptors (Lipinski definition) is 4. The van der Waals surface area contributed by atoms with Gasteiger partial charge in [-0.05, 0) is 12.8 Å². The van der Waals surface area contributed by atoms with Gasteiger partial charge in [0.1, 0.15) is 5.82 Å². The third-order valence-corrected chi connectivity index (χ3v) is 2.31. The summed E-state index contributed by atoms with van der Waals surface area (Å²) < 4.78 is 0. The molecule has 1 saturated carbocycles. The van der Waals surface area contributed by atoms with Crippen molar-refractivity contribution in [3.05, 3.63) is 12.0 Å². The van der Waals surface area contributed by atoms with Gasteiger partial charge in [-0.25, -0.2) is 4.98 Å². The highest BCUT2D eigenvalue weighted by Gasteiger charge is 2.19. The van der Waals surface area contributed by atoms with E-state index in [1.807, 2.05) is 0 Å². The zero-order chi connectivity index (χ0) is 8.39. The van der Waals surface area contributed by atoms with Crippen LogP contribution in [0.2, 0.25) is 0 Å². The van der Waals surface area contributed by atoms with Gasteiger partial charge in [0.2, 0.25) is 0 Å². The van der Waals surface area contributed by atoms with E-state index in [1.54, 1.807) is 0 Å². The van der Waals surface area contributed by atoms with E-state index in [-0.39, 0.29) is 0 Å². The molecule has 1 aromatic heterocycles. The second kappa shape index (κ2) is 3.05. The van der Waals surface area contributed by atoms with Crippen LogP contribution in [0.1, 0.15) is 37.4 Å². The van der Waals surface area contributed by atoms with Gasteiger partial charge in [-0.2, -0.15) is 5.10 Å². The number of hydrogen-bond donors (Lipinski definition) is 1. The Morgan fingerprint density at radius 3 is 2.75 bits per heavy atom. The number of anilines is 1. The highest BCUT2D eigenvalue weighted by atomic mass is 15.2. The molecule has 1 aliphatic rings. The van der Waals surface area contributed by atoms with E-state index >= 15 is 0 Å². The summed E-state index contributed by atoms with van der Waals surface area (Å²) in [7, 11) is 0. The van der Waals surface area contributed by atoms with E-state index in [9.17, 15) is 0 Å². The molecule has 0 atom stereocenters. The summed E-state index contributed by atoms with van der Waals surface area (Å²) in [4.78, 5) is 4.16. The lowest BCUT2D eigenvalue weighted by molar-refractivity contribution is 0.650. The van der Waals surface area contributed by atoms with Crippen molar-refractivity contribution < 1.29 is 0 Å². The van der Waals surface area contributed by atoms with E-state index < -0.39 is 0 Å². The topological polar surface area (TPSA) is 64.7 Å². The van der Waals surface area contributed by atoms with E-state index in [0.29, 0.717) is 11.7 Å². The van der Waals surface area contributed by atoms with Crippen molar-refractivity contribution in [2.24, 2.45) is 0 Å². The van der Waals surface area contributed by atoms with Gasteiger partial charge in [0.05, 0.1) is 6.20 Å². The molecule has 0 spiro atoms. The quantitative estimate of drug-likeness (QED) is 0.675. The van der Waals surface area contributed by atoms with Crippen LogP contribution in [0.3, 0.4) is 0 Å². The van der Waals surface area contributed by atoms with Gasteiger partial charge < -0.3 is 5.73 Å². The Balaban J connectivity index is 2.21. The fourth-order valence-electron chi connectivity index (χ4n) is 1.69. The third-order valence-electron chi connectivity index (χ3n) is 2.31. The van der Waals surface area contributed by atoms with Crippen LogP contribution in [-0.2, 0) is 0 Å². The van der Waals surface area contributed by atoms with E-state index in [4.69, 9.17) is 5.73 Å². The predicted molar refractivity (Wildman–Crippen MR) is 45.4 cm³/mol. The molecule has 0 unspecified atom stereocenters. The van der Waals surface area contributed by atoms with Crippen molar-refractivity contribution in [3.63, 3.8) is 0 Å². The summed E-state index contributed by atoms with van der Waals surface area (Å²) >= 11 is 0. The molecule has 1 aliphatic carbocycles. The van der Waals surface area contributed by atoms with Crippen LogP contribution in [0.5, 0.6) is 0 Å². The molecule has 0 aromatic carbocycles. The molecule has 0 amide bonds. The first kappa shape index (κ1) is 7.46. The van der Waals surface area contributed by atoms with Gasteiger partial charge in [-0.3, -0.25) is 0 Å².